The Labute approximate surface area is 188 Å². The number of hydrogen-bond acceptors (Lipinski definition) is 5. The molecule has 1 heterocycles. The molecule has 1 saturated heterocycles. The monoisotopic (exact) mass is 442 g/mol. The first-order chi connectivity index (χ1) is 16.0. The van der Waals surface area contributed by atoms with Gasteiger partial charge in [-0.15, -0.1) is 0 Å². The molecule has 0 aliphatic carbocycles. The van der Waals surface area contributed by atoms with Gasteiger partial charge in [0.15, 0.2) is 6.61 Å². The third-order valence-corrected chi connectivity index (χ3v) is 4.83. The number of para-hydroxylation sites is 2. The normalized spacial score (nSPS) is 13.8. The maximum atomic E-state index is 13.3. The second-order valence-electron chi connectivity index (χ2n) is 7.04. The van der Waals surface area contributed by atoms with Gasteiger partial charge in [-0.3, -0.25) is 9.59 Å². The summed E-state index contributed by atoms with van der Waals surface area (Å²) in [6.07, 6.45) is 1.39. The molecule has 8 nitrogen and oxygen atoms in total. The van der Waals surface area contributed by atoms with Crippen LogP contribution in [0.3, 0.4) is 0 Å². The van der Waals surface area contributed by atoms with Crippen LogP contribution < -0.4 is 14.5 Å². The smallest absolute Gasteiger partial charge is 0.343 e. The molecule has 0 radical (unpaired) electrons. The summed E-state index contributed by atoms with van der Waals surface area (Å²) >= 11 is 0. The van der Waals surface area contributed by atoms with Gasteiger partial charge >= 0.3 is 12.0 Å². The third kappa shape index (κ3) is 4.49. The molecule has 3 aromatic rings. The maximum absolute atomic E-state index is 13.3. The predicted octanol–water partition coefficient (Wildman–Crippen LogP) is 3.73. The van der Waals surface area contributed by atoms with Gasteiger partial charge < -0.3 is 9.84 Å². The zero-order valence-electron chi connectivity index (χ0n) is 17.3. The molecule has 0 saturated carbocycles. The number of carbonyl (C=O) groups is 4. The topological polar surface area (TPSA) is 104 Å². The number of barbiturate groups is 1. The first kappa shape index (κ1) is 21.5. The Morgan fingerprint density at radius 2 is 1.24 bits per heavy atom. The fourth-order valence-electron chi connectivity index (χ4n) is 3.31. The number of ether oxygens (including phenoxy) is 1. The minimum absolute atomic E-state index is 0.193. The fourth-order valence-corrected chi connectivity index (χ4v) is 3.31. The Hall–Kier alpha value is -4.72. The van der Waals surface area contributed by atoms with E-state index in [1.807, 2.05) is 0 Å². The van der Waals surface area contributed by atoms with Crippen molar-refractivity contribution in [3.8, 4) is 5.75 Å². The lowest BCUT2D eigenvalue weighted by Crippen LogP contribution is -2.57. The van der Waals surface area contributed by atoms with Crippen molar-refractivity contribution in [3.05, 3.63) is 96.1 Å². The van der Waals surface area contributed by atoms with Crippen LogP contribution in [0.4, 0.5) is 16.2 Å². The Balaban J connectivity index is 1.74. The van der Waals surface area contributed by atoms with Crippen LogP contribution >= 0.6 is 0 Å². The lowest BCUT2D eigenvalue weighted by molar-refractivity contribution is -0.139. The number of imide groups is 2. The molecule has 1 N–H and O–H groups in total. The van der Waals surface area contributed by atoms with Crippen molar-refractivity contribution in [2.24, 2.45) is 0 Å². The summed E-state index contributed by atoms with van der Waals surface area (Å²) in [6, 6.07) is 22.2. The van der Waals surface area contributed by atoms with Gasteiger partial charge in [-0.1, -0.05) is 48.5 Å². The molecule has 1 aliphatic heterocycles. The molecule has 164 valence electrons. The number of nitrogens with zero attached hydrogens (tertiary/aromatic N) is 2. The molecule has 0 unspecified atom stereocenters. The Bertz CT molecular complexity index is 1170. The number of carboxylic acids is 1. The SMILES string of the molecule is O=C(O)COc1ccc(C=C2C(=O)N(c3ccccc3)C(=O)N(c3ccccc3)C2=O)cc1. The zero-order chi connectivity index (χ0) is 23.4. The molecular formula is C25H18N2O6. The molecule has 33 heavy (non-hydrogen) atoms. The second-order valence-corrected chi connectivity index (χ2v) is 7.04. The van der Waals surface area contributed by atoms with Crippen LogP contribution in [-0.2, 0) is 14.4 Å². The molecule has 0 bridgehead atoms. The molecule has 4 rings (SSSR count). The van der Waals surface area contributed by atoms with E-state index < -0.39 is 30.4 Å². The number of carbonyl (C=O) groups excluding carboxylic acids is 3. The van der Waals surface area contributed by atoms with Crippen molar-refractivity contribution in [3.63, 3.8) is 0 Å². The highest BCUT2D eigenvalue weighted by Gasteiger charge is 2.43. The average molecular weight is 442 g/mol. The number of amides is 4. The van der Waals surface area contributed by atoms with Gasteiger partial charge in [0, 0.05) is 0 Å². The largest absolute Gasteiger partial charge is 0.482 e. The zero-order valence-corrected chi connectivity index (χ0v) is 17.3. The molecule has 8 heteroatoms. The minimum Gasteiger partial charge on any atom is -0.482 e. The highest BCUT2D eigenvalue weighted by atomic mass is 16.5. The first-order valence-electron chi connectivity index (χ1n) is 9.95. The van der Waals surface area contributed by atoms with Gasteiger partial charge in [0.2, 0.25) is 0 Å². The third-order valence-electron chi connectivity index (χ3n) is 4.83. The van der Waals surface area contributed by atoms with Crippen LogP contribution in [0.15, 0.2) is 90.5 Å². The number of hydrogen-bond donors (Lipinski definition) is 1. The minimum atomic E-state index is -1.11. The van der Waals surface area contributed by atoms with Gasteiger partial charge in [0.05, 0.1) is 11.4 Å². The molecule has 3 aromatic carbocycles. The molecule has 0 atom stereocenters. The van der Waals surface area contributed by atoms with Crippen LogP contribution in [0.2, 0.25) is 0 Å². The fraction of sp³-hybridized carbons (Fsp3) is 0.0400. The number of rotatable bonds is 6. The molecule has 1 aliphatic rings. The summed E-state index contributed by atoms with van der Waals surface area (Å²) in [4.78, 5) is 52.4. The van der Waals surface area contributed by atoms with E-state index in [9.17, 15) is 19.2 Å². The van der Waals surface area contributed by atoms with E-state index in [-0.39, 0.29) is 5.57 Å². The van der Waals surface area contributed by atoms with Gasteiger partial charge in [0.1, 0.15) is 11.3 Å². The summed E-state index contributed by atoms with van der Waals surface area (Å²) in [5, 5.41) is 8.72. The summed E-state index contributed by atoms with van der Waals surface area (Å²) in [5.74, 6) is -2.26. The van der Waals surface area contributed by atoms with E-state index in [4.69, 9.17) is 9.84 Å². The molecular weight excluding hydrogens is 424 g/mol. The van der Waals surface area contributed by atoms with Crippen molar-refractivity contribution in [1.29, 1.82) is 0 Å². The van der Waals surface area contributed by atoms with E-state index in [1.165, 1.54) is 18.2 Å². The van der Waals surface area contributed by atoms with Crippen LogP contribution in [0.25, 0.3) is 6.08 Å². The van der Waals surface area contributed by atoms with Gasteiger partial charge in [-0.25, -0.2) is 19.4 Å². The summed E-state index contributed by atoms with van der Waals surface area (Å²) in [5.41, 5.74) is 0.986. The Kier molecular flexibility index (Phi) is 5.99. The first-order valence-corrected chi connectivity index (χ1v) is 9.95. The Morgan fingerprint density at radius 1 is 0.758 bits per heavy atom. The quantitative estimate of drug-likeness (QED) is 0.461. The molecule has 1 fully saturated rings. The second kappa shape index (κ2) is 9.19. The summed E-state index contributed by atoms with van der Waals surface area (Å²) in [6.45, 7) is -0.489. The average Bonchev–Trinajstić information content (AvgIpc) is 2.83. The maximum Gasteiger partial charge on any atom is 0.343 e. The standard InChI is InChI=1S/C25H18N2O6/c28-22(29)16-33-20-13-11-17(12-14-20)15-21-23(30)26(18-7-3-1-4-8-18)25(32)27(24(21)31)19-9-5-2-6-10-19/h1-15H,16H2,(H,28,29). The van der Waals surface area contributed by atoms with Crippen LogP contribution in [0.5, 0.6) is 5.75 Å². The molecule has 4 amide bonds. The Morgan fingerprint density at radius 3 is 1.70 bits per heavy atom. The summed E-state index contributed by atoms with van der Waals surface area (Å²) in [7, 11) is 0. The van der Waals surface area contributed by atoms with Crippen molar-refractivity contribution in [2.75, 3.05) is 16.4 Å². The lowest BCUT2D eigenvalue weighted by Gasteiger charge is -2.33. The number of urea groups is 1. The highest BCUT2D eigenvalue weighted by Crippen LogP contribution is 2.29. The predicted molar refractivity (Wildman–Crippen MR) is 121 cm³/mol. The van der Waals surface area contributed by atoms with E-state index in [0.29, 0.717) is 22.7 Å². The van der Waals surface area contributed by atoms with Crippen molar-refractivity contribution in [1.82, 2.24) is 0 Å². The number of anilines is 2. The van der Waals surface area contributed by atoms with E-state index >= 15 is 0 Å². The van der Waals surface area contributed by atoms with Crippen LogP contribution in [0, 0.1) is 0 Å². The van der Waals surface area contributed by atoms with E-state index in [1.54, 1.807) is 72.8 Å². The number of carboxylic acid groups (broad SMARTS) is 1. The summed E-state index contributed by atoms with van der Waals surface area (Å²) < 4.78 is 5.10. The lowest BCUT2D eigenvalue weighted by atomic mass is 10.0. The van der Waals surface area contributed by atoms with Crippen molar-refractivity contribution >= 4 is 41.3 Å². The highest BCUT2D eigenvalue weighted by molar-refractivity contribution is 6.46. The van der Waals surface area contributed by atoms with Crippen molar-refractivity contribution in [2.45, 2.75) is 0 Å². The molecule has 0 aromatic heterocycles. The number of aliphatic carboxylic acids is 1. The van der Waals surface area contributed by atoms with Gasteiger partial charge in [-0.2, -0.15) is 0 Å². The van der Waals surface area contributed by atoms with Gasteiger partial charge in [-0.05, 0) is 48.0 Å². The van der Waals surface area contributed by atoms with Crippen LogP contribution in [0.1, 0.15) is 5.56 Å². The van der Waals surface area contributed by atoms with E-state index in [2.05, 4.69) is 0 Å². The number of benzene rings is 3. The molecule has 0 spiro atoms. The van der Waals surface area contributed by atoms with E-state index in [0.717, 1.165) is 9.80 Å². The van der Waals surface area contributed by atoms with Crippen LogP contribution in [-0.4, -0.2) is 35.5 Å². The van der Waals surface area contributed by atoms with Crippen molar-refractivity contribution < 1.29 is 29.0 Å². The van der Waals surface area contributed by atoms with Gasteiger partial charge in [0.25, 0.3) is 11.8 Å².